The van der Waals surface area contributed by atoms with Crippen LogP contribution >= 0.6 is 0 Å². The van der Waals surface area contributed by atoms with Crippen molar-refractivity contribution in [3.63, 3.8) is 0 Å². The summed E-state index contributed by atoms with van der Waals surface area (Å²) in [6.45, 7) is 5.41. The van der Waals surface area contributed by atoms with Crippen LogP contribution in [-0.2, 0) is 4.79 Å². The molecule has 8 nitrogen and oxygen atoms in total. The number of hydrogen-bond acceptors (Lipinski definition) is 5. The maximum absolute atomic E-state index is 12.9. The van der Waals surface area contributed by atoms with Gasteiger partial charge in [0.25, 0.3) is 11.8 Å². The summed E-state index contributed by atoms with van der Waals surface area (Å²) in [5.74, 6) is -0.380. The van der Waals surface area contributed by atoms with Gasteiger partial charge >= 0.3 is 0 Å². The van der Waals surface area contributed by atoms with Gasteiger partial charge in [0, 0.05) is 26.2 Å². The highest BCUT2D eigenvalue weighted by Gasteiger charge is 2.32. The third-order valence-electron chi connectivity index (χ3n) is 4.57. The van der Waals surface area contributed by atoms with Gasteiger partial charge in [0.05, 0.1) is 12.5 Å². The zero-order valence-corrected chi connectivity index (χ0v) is 15.4. The lowest BCUT2D eigenvalue weighted by Crippen LogP contribution is -2.57. The average Bonchev–Trinajstić information content (AvgIpc) is 3.38. The second-order valence-corrected chi connectivity index (χ2v) is 6.77. The Morgan fingerprint density at radius 1 is 0.926 bits per heavy atom. The lowest BCUT2D eigenvalue weighted by molar-refractivity contribution is -0.135. The van der Waals surface area contributed by atoms with E-state index in [-0.39, 0.29) is 23.5 Å². The molecule has 0 bridgehead atoms. The molecule has 27 heavy (non-hydrogen) atoms. The van der Waals surface area contributed by atoms with Crippen LogP contribution in [0.25, 0.3) is 0 Å². The maximum atomic E-state index is 12.9. The summed E-state index contributed by atoms with van der Waals surface area (Å²) < 4.78 is 10.2. The van der Waals surface area contributed by atoms with Crippen molar-refractivity contribution in [2.24, 2.45) is 5.92 Å². The predicted octanol–water partition coefficient (Wildman–Crippen LogP) is 1.61. The molecule has 1 N–H and O–H groups in total. The lowest BCUT2D eigenvalue weighted by Gasteiger charge is -2.37. The Bertz CT molecular complexity index is 774. The van der Waals surface area contributed by atoms with Crippen LogP contribution < -0.4 is 5.32 Å². The van der Waals surface area contributed by atoms with Gasteiger partial charge in [-0.3, -0.25) is 14.4 Å². The Morgan fingerprint density at radius 2 is 1.48 bits per heavy atom. The fraction of sp³-hybridized carbons (Fsp3) is 0.421. The van der Waals surface area contributed by atoms with Crippen LogP contribution in [0.5, 0.6) is 0 Å². The molecule has 3 rings (SSSR count). The summed E-state index contributed by atoms with van der Waals surface area (Å²) >= 11 is 0. The van der Waals surface area contributed by atoms with Crippen molar-refractivity contribution in [3.8, 4) is 0 Å². The van der Waals surface area contributed by atoms with Crippen molar-refractivity contribution < 1.29 is 23.2 Å². The first-order valence-corrected chi connectivity index (χ1v) is 8.93. The standard InChI is InChI=1S/C19H23N3O5/c1-13(2)16(20-17(23)14-5-3-11-26-14)19(25)22-9-7-21(8-10-22)18(24)15-6-4-12-27-15/h3-6,11-13,16H,7-10H2,1-2H3,(H,20,23). The van der Waals surface area contributed by atoms with Crippen molar-refractivity contribution in [1.29, 1.82) is 0 Å². The highest BCUT2D eigenvalue weighted by atomic mass is 16.3. The number of hydrogen-bond donors (Lipinski definition) is 1. The second-order valence-electron chi connectivity index (χ2n) is 6.77. The van der Waals surface area contributed by atoms with Gasteiger partial charge in [0.15, 0.2) is 11.5 Å². The molecule has 0 saturated carbocycles. The summed E-state index contributed by atoms with van der Waals surface area (Å²) in [7, 11) is 0. The number of nitrogens with one attached hydrogen (secondary N) is 1. The average molecular weight is 373 g/mol. The van der Waals surface area contributed by atoms with Gasteiger partial charge < -0.3 is 24.0 Å². The third kappa shape index (κ3) is 4.21. The Morgan fingerprint density at radius 3 is 2.00 bits per heavy atom. The molecule has 3 heterocycles. The van der Waals surface area contributed by atoms with Crippen molar-refractivity contribution in [1.82, 2.24) is 15.1 Å². The molecule has 3 amide bonds. The minimum Gasteiger partial charge on any atom is -0.459 e. The van der Waals surface area contributed by atoms with E-state index in [1.165, 1.54) is 12.5 Å². The lowest BCUT2D eigenvalue weighted by atomic mass is 10.0. The minimum atomic E-state index is -0.657. The van der Waals surface area contributed by atoms with Gasteiger partial charge in [0.2, 0.25) is 5.91 Å². The van der Waals surface area contributed by atoms with E-state index in [4.69, 9.17) is 8.83 Å². The number of furan rings is 2. The molecule has 1 unspecified atom stereocenters. The van der Waals surface area contributed by atoms with Crippen LogP contribution in [0.2, 0.25) is 0 Å². The number of carbonyl (C=O) groups excluding carboxylic acids is 3. The molecule has 1 fully saturated rings. The molecule has 0 spiro atoms. The van der Waals surface area contributed by atoms with Crippen LogP contribution in [0, 0.1) is 5.92 Å². The smallest absolute Gasteiger partial charge is 0.289 e. The molecular formula is C19H23N3O5. The summed E-state index contributed by atoms with van der Waals surface area (Å²) in [6, 6.07) is 5.81. The Balaban J connectivity index is 1.59. The Kier molecular flexibility index (Phi) is 5.63. The third-order valence-corrected chi connectivity index (χ3v) is 4.57. The predicted molar refractivity (Wildman–Crippen MR) is 96.0 cm³/mol. The van der Waals surface area contributed by atoms with E-state index in [0.717, 1.165) is 0 Å². The van der Waals surface area contributed by atoms with Crippen LogP contribution in [0.4, 0.5) is 0 Å². The van der Waals surface area contributed by atoms with Crippen LogP contribution in [0.3, 0.4) is 0 Å². The van der Waals surface area contributed by atoms with E-state index in [9.17, 15) is 14.4 Å². The number of nitrogens with zero attached hydrogens (tertiary/aromatic N) is 2. The number of amides is 3. The van der Waals surface area contributed by atoms with Crippen molar-refractivity contribution in [2.75, 3.05) is 26.2 Å². The highest BCUT2D eigenvalue weighted by Crippen LogP contribution is 2.13. The number of rotatable bonds is 5. The van der Waals surface area contributed by atoms with Crippen molar-refractivity contribution in [2.45, 2.75) is 19.9 Å². The van der Waals surface area contributed by atoms with Gasteiger partial charge in [-0.15, -0.1) is 0 Å². The zero-order valence-electron chi connectivity index (χ0n) is 15.4. The molecule has 1 saturated heterocycles. The molecule has 0 radical (unpaired) electrons. The summed E-state index contributed by atoms with van der Waals surface area (Å²) in [5, 5.41) is 2.75. The topological polar surface area (TPSA) is 96.0 Å². The monoisotopic (exact) mass is 373 g/mol. The van der Waals surface area contributed by atoms with Gasteiger partial charge in [0.1, 0.15) is 6.04 Å². The highest BCUT2D eigenvalue weighted by molar-refractivity contribution is 5.96. The van der Waals surface area contributed by atoms with E-state index < -0.39 is 11.9 Å². The fourth-order valence-electron chi connectivity index (χ4n) is 3.02. The fourth-order valence-corrected chi connectivity index (χ4v) is 3.02. The minimum absolute atomic E-state index is 0.0841. The molecule has 1 atom stereocenters. The maximum Gasteiger partial charge on any atom is 0.289 e. The van der Waals surface area contributed by atoms with E-state index in [1.807, 2.05) is 13.8 Å². The SMILES string of the molecule is CC(C)C(NC(=O)c1ccco1)C(=O)N1CCN(C(=O)c2ccco2)CC1. The number of piperazine rings is 1. The molecule has 2 aromatic rings. The molecule has 8 heteroatoms. The van der Waals surface area contributed by atoms with Gasteiger partial charge in [-0.2, -0.15) is 0 Å². The van der Waals surface area contributed by atoms with Gasteiger partial charge in [-0.25, -0.2) is 0 Å². The summed E-state index contributed by atoms with van der Waals surface area (Å²) in [4.78, 5) is 40.8. The Labute approximate surface area is 157 Å². The second kappa shape index (κ2) is 8.11. The van der Waals surface area contributed by atoms with Crippen LogP contribution in [0.1, 0.15) is 35.0 Å². The van der Waals surface area contributed by atoms with E-state index in [2.05, 4.69) is 5.32 Å². The first kappa shape index (κ1) is 18.8. The summed E-state index contributed by atoms with van der Waals surface area (Å²) in [5.41, 5.74) is 0. The Hall–Kier alpha value is -3.03. The van der Waals surface area contributed by atoms with Crippen LogP contribution in [0.15, 0.2) is 45.6 Å². The quantitative estimate of drug-likeness (QED) is 0.859. The number of carbonyl (C=O) groups is 3. The van der Waals surface area contributed by atoms with Crippen molar-refractivity contribution in [3.05, 3.63) is 48.3 Å². The molecule has 144 valence electrons. The summed E-state index contributed by atoms with van der Waals surface area (Å²) in [6.07, 6.45) is 2.87. The molecule has 0 aliphatic carbocycles. The van der Waals surface area contributed by atoms with E-state index in [1.54, 1.807) is 34.1 Å². The first-order valence-electron chi connectivity index (χ1n) is 8.93. The zero-order chi connectivity index (χ0) is 19.4. The van der Waals surface area contributed by atoms with Crippen LogP contribution in [-0.4, -0.2) is 59.7 Å². The first-order chi connectivity index (χ1) is 13.0. The van der Waals surface area contributed by atoms with E-state index >= 15 is 0 Å². The van der Waals surface area contributed by atoms with Gasteiger partial charge in [-0.05, 0) is 30.2 Å². The molecule has 1 aliphatic heterocycles. The normalized spacial score (nSPS) is 15.7. The molecule has 2 aromatic heterocycles. The largest absolute Gasteiger partial charge is 0.459 e. The van der Waals surface area contributed by atoms with Crippen molar-refractivity contribution >= 4 is 17.7 Å². The molecule has 0 aromatic carbocycles. The van der Waals surface area contributed by atoms with Gasteiger partial charge in [-0.1, -0.05) is 13.8 Å². The molecule has 1 aliphatic rings. The molecular weight excluding hydrogens is 350 g/mol. The van der Waals surface area contributed by atoms with E-state index in [0.29, 0.717) is 31.9 Å².